The molecular weight excluding hydrogens is 194 g/mol. The molecule has 0 aromatic carbocycles. The van der Waals surface area contributed by atoms with Crippen LogP contribution in [0.25, 0.3) is 10.6 Å². The van der Waals surface area contributed by atoms with Crippen LogP contribution >= 0.6 is 11.3 Å². The van der Waals surface area contributed by atoms with E-state index >= 15 is 0 Å². The maximum Gasteiger partial charge on any atom is 0.107 e. The van der Waals surface area contributed by atoms with E-state index in [1.807, 2.05) is 17.9 Å². The maximum atomic E-state index is 5.67. The summed E-state index contributed by atoms with van der Waals surface area (Å²) < 4.78 is 1.82. The molecule has 4 heteroatoms. The number of rotatable bonds is 2. The molecule has 2 heterocycles. The molecule has 0 bridgehead atoms. The van der Waals surface area contributed by atoms with Crippen LogP contribution in [0, 0.1) is 6.92 Å². The summed E-state index contributed by atoms with van der Waals surface area (Å²) in [5.74, 6) is 0. The van der Waals surface area contributed by atoms with Gasteiger partial charge in [-0.25, -0.2) is 0 Å². The van der Waals surface area contributed by atoms with E-state index in [-0.39, 0.29) is 0 Å². The number of hydrogen-bond donors (Lipinski definition) is 1. The van der Waals surface area contributed by atoms with Crippen LogP contribution in [0.1, 0.15) is 11.1 Å². The van der Waals surface area contributed by atoms with E-state index in [1.165, 1.54) is 10.4 Å². The standard InChI is InChI=1S/C10H13N3S/c1-7-3-4-14-10(7)9-8(5-11)6-13(2)12-9/h3-4,6H,5,11H2,1-2H3. The molecule has 0 radical (unpaired) electrons. The minimum atomic E-state index is 0.542. The van der Waals surface area contributed by atoms with E-state index in [9.17, 15) is 0 Å². The van der Waals surface area contributed by atoms with Crippen molar-refractivity contribution in [1.29, 1.82) is 0 Å². The molecule has 14 heavy (non-hydrogen) atoms. The van der Waals surface area contributed by atoms with Gasteiger partial charge in [0.2, 0.25) is 0 Å². The lowest BCUT2D eigenvalue weighted by Gasteiger charge is -1.97. The Morgan fingerprint density at radius 2 is 2.36 bits per heavy atom. The van der Waals surface area contributed by atoms with Crippen LogP contribution in [0.15, 0.2) is 17.6 Å². The molecule has 2 aromatic rings. The first-order valence-corrected chi connectivity index (χ1v) is 5.37. The minimum absolute atomic E-state index is 0.542. The lowest BCUT2D eigenvalue weighted by Crippen LogP contribution is -1.96. The second kappa shape index (κ2) is 3.55. The number of nitrogens with two attached hydrogens (primary N) is 1. The Morgan fingerprint density at radius 3 is 2.93 bits per heavy atom. The molecule has 0 fully saturated rings. The minimum Gasteiger partial charge on any atom is -0.326 e. The SMILES string of the molecule is Cc1ccsc1-c1nn(C)cc1CN. The van der Waals surface area contributed by atoms with Gasteiger partial charge in [0.05, 0.1) is 4.88 Å². The monoisotopic (exact) mass is 207 g/mol. The average molecular weight is 207 g/mol. The van der Waals surface area contributed by atoms with Crippen LogP contribution in [-0.2, 0) is 13.6 Å². The third kappa shape index (κ3) is 1.47. The number of thiophene rings is 1. The van der Waals surface area contributed by atoms with Crippen molar-refractivity contribution >= 4 is 11.3 Å². The first-order chi connectivity index (χ1) is 6.72. The van der Waals surface area contributed by atoms with E-state index in [1.54, 1.807) is 11.3 Å². The fourth-order valence-electron chi connectivity index (χ4n) is 1.49. The van der Waals surface area contributed by atoms with Gasteiger partial charge in [0.15, 0.2) is 0 Å². The third-order valence-corrected chi connectivity index (χ3v) is 3.22. The molecule has 3 nitrogen and oxygen atoms in total. The van der Waals surface area contributed by atoms with Gasteiger partial charge in [-0.1, -0.05) is 0 Å². The Balaban J connectivity index is 2.55. The molecule has 0 aliphatic heterocycles. The fraction of sp³-hybridized carbons (Fsp3) is 0.300. The molecular formula is C10H13N3S. The summed E-state index contributed by atoms with van der Waals surface area (Å²) in [7, 11) is 1.92. The van der Waals surface area contributed by atoms with Crippen LogP contribution in [0.5, 0.6) is 0 Å². The van der Waals surface area contributed by atoms with Gasteiger partial charge in [0.25, 0.3) is 0 Å². The normalized spacial score (nSPS) is 10.8. The van der Waals surface area contributed by atoms with Gasteiger partial charge < -0.3 is 5.73 Å². The predicted molar refractivity (Wildman–Crippen MR) is 59.1 cm³/mol. The zero-order valence-corrected chi connectivity index (χ0v) is 9.14. The molecule has 74 valence electrons. The Labute approximate surface area is 87.2 Å². The van der Waals surface area contributed by atoms with Gasteiger partial charge in [-0.2, -0.15) is 5.10 Å². The first-order valence-electron chi connectivity index (χ1n) is 4.49. The third-order valence-electron chi connectivity index (χ3n) is 2.20. The molecule has 2 rings (SSSR count). The number of aromatic nitrogens is 2. The van der Waals surface area contributed by atoms with Crippen LogP contribution in [0.4, 0.5) is 0 Å². The Hall–Kier alpha value is -1.13. The second-order valence-corrected chi connectivity index (χ2v) is 4.23. The van der Waals surface area contributed by atoms with Crippen LogP contribution < -0.4 is 5.73 Å². The number of aryl methyl sites for hydroxylation is 2. The molecule has 0 amide bonds. The Morgan fingerprint density at radius 1 is 1.57 bits per heavy atom. The van der Waals surface area contributed by atoms with Crippen LogP contribution in [0.3, 0.4) is 0 Å². The van der Waals surface area contributed by atoms with Gasteiger partial charge in [-0.3, -0.25) is 4.68 Å². The van der Waals surface area contributed by atoms with Crippen molar-refractivity contribution < 1.29 is 0 Å². The van der Waals surface area contributed by atoms with E-state index in [4.69, 9.17) is 5.73 Å². The molecule has 0 saturated heterocycles. The Kier molecular flexibility index (Phi) is 2.39. The molecule has 0 saturated carbocycles. The fourth-order valence-corrected chi connectivity index (χ4v) is 2.44. The van der Waals surface area contributed by atoms with Gasteiger partial charge in [-0.05, 0) is 23.9 Å². The molecule has 0 spiro atoms. The van der Waals surface area contributed by atoms with Crippen molar-refractivity contribution in [2.24, 2.45) is 12.8 Å². The van der Waals surface area contributed by atoms with Gasteiger partial charge in [-0.15, -0.1) is 11.3 Å². The summed E-state index contributed by atoms with van der Waals surface area (Å²) in [6, 6.07) is 2.11. The maximum absolute atomic E-state index is 5.67. The summed E-state index contributed by atoms with van der Waals surface area (Å²) in [5, 5.41) is 6.51. The van der Waals surface area contributed by atoms with Crippen molar-refractivity contribution in [2.75, 3.05) is 0 Å². The highest BCUT2D eigenvalue weighted by Crippen LogP contribution is 2.29. The van der Waals surface area contributed by atoms with E-state index in [2.05, 4.69) is 23.5 Å². The average Bonchev–Trinajstić information content (AvgIpc) is 2.71. The quantitative estimate of drug-likeness (QED) is 0.817. The van der Waals surface area contributed by atoms with Crippen molar-refractivity contribution in [3.63, 3.8) is 0 Å². The molecule has 0 aliphatic rings. The zero-order valence-electron chi connectivity index (χ0n) is 8.32. The zero-order chi connectivity index (χ0) is 10.1. The van der Waals surface area contributed by atoms with Gasteiger partial charge in [0.1, 0.15) is 5.69 Å². The number of hydrogen-bond acceptors (Lipinski definition) is 3. The molecule has 2 N–H and O–H groups in total. The van der Waals surface area contributed by atoms with Gasteiger partial charge >= 0.3 is 0 Å². The van der Waals surface area contributed by atoms with Crippen LogP contribution in [-0.4, -0.2) is 9.78 Å². The predicted octanol–water partition coefficient (Wildman–Crippen LogP) is 1.92. The molecule has 2 aromatic heterocycles. The van der Waals surface area contributed by atoms with E-state index in [0.717, 1.165) is 11.3 Å². The topological polar surface area (TPSA) is 43.8 Å². The van der Waals surface area contributed by atoms with E-state index < -0.39 is 0 Å². The summed E-state index contributed by atoms with van der Waals surface area (Å²) >= 11 is 1.71. The molecule has 0 atom stereocenters. The number of nitrogens with zero attached hydrogens (tertiary/aromatic N) is 2. The summed E-state index contributed by atoms with van der Waals surface area (Å²) in [6.45, 7) is 2.64. The Bertz CT molecular complexity index is 442. The lowest BCUT2D eigenvalue weighted by atomic mass is 10.2. The van der Waals surface area contributed by atoms with E-state index in [0.29, 0.717) is 6.54 Å². The second-order valence-electron chi connectivity index (χ2n) is 3.31. The van der Waals surface area contributed by atoms with Crippen molar-refractivity contribution in [1.82, 2.24) is 9.78 Å². The summed E-state index contributed by atoms with van der Waals surface area (Å²) in [6.07, 6.45) is 1.98. The highest BCUT2D eigenvalue weighted by Gasteiger charge is 2.11. The summed E-state index contributed by atoms with van der Waals surface area (Å²) in [4.78, 5) is 1.23. The highest BCUT2D eigenvalue weighted by molar-refractivity contribution is 7.13. The highest BCUT2D eigenvalue weighted by atomic mass is 32.1. The first kappa shape index (κ1) is 9.43. The van der Waals surface area contributed by atoms with Crippen LogP contribution in [0.2, 0.25) is 0 Å². The lowest BCUT2D eigenvalue weighted by molar-refractivity contribution is 0.770. The molecule has 0 unspecified atom stereocenters. The largest absolute Gasteiger partial charge is 0.326 e. The summed E-state index contributed by atoms with van der Waals surface area (Å²) in [5.41, 5.74) is 9.08. The van der Waals surface area contributed by atoms with Gasteiger partial charge in [0, 0.05) is 25.4 Å². The van der Waals surface area contributed by atoms with Crippen molar-refractivity contribution in [2.45, 2.75) is 13.5 Å². The molecule has 0 aliphatic carbocycles. The van der Waals surface area contributed by atoms with Crippen molar-refractivity contribution in [3.05, 3.63) is 28.8 Å². The smallest absolute Gasteiger partial charge is 0.107 e. The van der Waals surface area contributed by atoms with Crippen molar-refractivity contribution in [3.8, 4) is 10.6 Å².